The highest BCUT2D eigenvalue weighted by atomic mass is 32.2. The molecule has 0 radical (unpaired) electrons. The molecule has 41 heavy (non-hydrogen) atoms. The number of methoxy groups -OCH3 is 2. The van der Waals surface area contributed by atoms with Crippen LogP contribution in [0.25, 0.3) is 16.9 Å². The topological polar surface area (TPSA) is 85.7 Å². The van der Waals surface area contributed by atoms with E-state index >= 15 is 0 Å². The van der Waals surface area contributed by atoms with Crippen molar-refractivity contribution in [1.82, 2.24) is 15.1 Å². The van der Waals surface area contributed by atoms with E-state index in [2.05, 4.69) is 5.32 Å². The lowest BCUT2D eigenvalue weighted by Crippen LogP contribution is -2.42. The average molecular weight is 575 g/mol. The lowest BCUT2D eigenvalue weighted by Gasteiger charge is -2.23. The zero-order chi connectivity index (χ0) is 28.8. The van der Waals surface area contributed by atoms with Crippen molar-refractivity contribution < 1.29 is 23.5 Å². The summed E-state index contributed by atoms with van der Waals surface area (Å²) < 4.78 is 26.6. The fourth-order valence-corrected chi connectivity index (χ4v) is 6.00. The number of hydrogen-bond donors (Lipinski definition) is 1. The molecule has 0 aliphatic carbocycles. The van der Waals surface area contributed by atoms with E-state index in [1.54, 1.807) is 25.0 Å². The van der Waals surface area contributed by atoms with Gasteiger partial charge in [0.2, 0.25) is 11.8 Å². The van der Waals surface area contributed by atoms with Gasteiger partial charge in [0.1, 0.15) is 23.9 Å². The van der Waals surface area contributed by atoms with Gasteiger partial charge >= 0.3 is 0 Å². The van der Waals surface area contributed by atoms with E-state index in [4.69, 9.17) is 14.6 Å². The van der Waals surface area contributed by atoms with Crippen LogP contribution >= 0.6 is 11.8 Å². The van der Waals surface area contributed by atoms with Gasteiger partial charge in [0.25, 0.3) is 0 Å². The van der Waals surface area contributed by atoms with E-state index in [0.29, 0.717) is 48.1 Å². The Labute approximate surface area is 242 Å². The van der Waals surface area contributed by atoms with Crippen molar-refractivity contribution in [2.24, 2.45) is 0 Å². The first-order chi connectivity index (χ1) is 20.0. The van der Waals surface area contributed by atoms with Gasteiger partial charge in [0, 0.05) is 31.4 Å². The molecule has 2 amide bonds. The molecule has 3 aromatic carbocycles. The predicted octanol–water partition coefficient (Wildman–Crippen LogP) is 5.01. The molecule has 0 saturated carbocycles. The Bertz CT molecular complexity index is 1510. The van der Waals surface area contributed by atoms with Crippen LogP contribution in [0.2, 0.25) is 0 Å². The van der Waals surface area contributed by atoms with Gasteiger partial charge in [-0.3, -0.25) is 14.5 Å². The summed E-state index contributed by atoms with van der Waals surface area (Å²) in [5.41, 5.74) is 3.63. The number of carbonyl (C=O) groups excluding carboxylic acids is 2. The Morgan fingerprint density at radius 3 is 2.56 bits per heavy atom. The largest absolute Gasteiger partial charge is 0.497 e. The molecular formula is C31H31FN4O4S. The average Bonchev–Trinajstić information content (AvgIpc) is 3.32. The van der Waals surface area contributed by atoms with Gasteiger partial charge < -0.3 is 14.8 Å². The Morgan fingerprint density at radius 2 is 1.85 bits per heavy atom. The molecule has 0 saturated heterocycles. The SMILES string of the molecule is COCCCNC(=O)CN1C(=O)CS[C@H](c2cccc(F)c2)c2c(-c3ccccc3)nn(-c3ccc(OC)cc3)c21. The molecular weight excluding hydrogens is 543 g/mol. The molecule has 5 rings (SSSR count). The third-order valence-corrected chi connectivity index (χ3v) is 8.01. The molecule has 0 spiro atoms. The van der Waals surface area contributed by atoms with Crippen molar-refractivity contribution >= 4 is 29.4 Å². The third-order valence-electron chi connectivity index (χ3n) is 6.75. The minimum Gasteiger partial charge on any atom is -0.497 e. The molecule has 1 aliphatic heterocycles. The maximum absolute atomic E-state index is 14.5. The zero-order valence-electron chi connectivity index (χ0n) is 22.9. The van der Waals surface area contributed by atoms with Crippen molar-refractivity contribution in [1.29, 1.82) is 0 Å². The molecule has 2 heterocycles. The number of nitrogens with one attached hydrogen (secondary N) is 1. The summed E-state index contributed by atoms with van der Waals surface area (Å²) >= 11 is 1.40. The Kier molecular flexibility index (Phi) is 9.01. The van der Waals surface area contributed by atoms with Gasteiger partial charge in [0.05, 0.1) is 29.5 Å². The molecule has 1 aromatic heterocycles. The summed E-state index contributed by atoms with van der Waals surface area (Å²) in [5, 5.41) is 7.50. The normalized spacial score (nSPS) is 14.9. The van der Waals surface area contributed by atoms with Gasteiger partial charge in [0.15, 0.2) is 0 Å². The van der Waals surface area contributed by atoms with E-state index in [0.717, 1.165) is 11.1 Å². The second-order valence-corrected chi connectivity index (χ2v) is 10.6. The number of nitrogens with zero attached hydrogens (tertiary/aromatic N) is 3. The fraction of sp³-hybridized carbons (Fsp3) is 0.258. The van der Waals surface area contributed by atoms with Crippen molar-refractivity contribution in [2.75, 3.05) is 44.6 Å². The molecule has 10 heteroatoms. The van der Waals surface area contributed by atoms with Crippen LogP contribution in [-0.2, 0) is 14.3 Å². The summed E-state index contributed by atoms with van der Waals surface area (Å²) in [4.78, 5) is 28.3. The maximum Gasteiger partial charge on any atom is 0.240 e. The summed E-state index contributed by atoms with van der Waals surface area (Å²) in [6.07, 6.45) is 0.654. The van der Waals surface area contributed by atoms with Crippen LogP contribution in [-0.4, -0.2) is 61.3 Å². The molecule has 1 N–H and O–H groups in total. The van der Waals surface area contributed by atoms with Gasteiger partial charge in [-0.2, -0.15) is 5.10 Å². The number of fused-ring (bicyclic) bond motifs is 1. The van der Waals surface area contributed by atoms with E-state index < -0.39 is 5.25 Å². The number of halogens is 1. The first-order valence-corrected chi connectivity index (χ1v) is 14.3. The number of carbonyl (C=O) groups is 2. The van der Waals surface area contributed by atoms with Crippen LogP contribution < -0.4 is 15.0 Å². The molecule has 212 valence electrons. The number of anilines is 1. The molecule has 1 aliphatic rings. The van der Waals surface area contributed by atoms with Gasteiger partial charge in [-0.05, 0) is 48.4 Å². The second kappa shape index (κ2) is 13.0. The van der Waals surface area contributed by atoms with Crippen LogP contribution in [0.15, 0.2) is 78.9 Å². The molecule has 0 unspecified atom stereocenters. The van der Waals surface area contributed by atoms with Crippen LogP contribution in [0.4, 0.5) is 10.2 Å². The summed E-state index contributed by atoms with van der Waals surface area (Å²) in [6.45, 7) is 0.754. The summed E-state index contributed by atoms with van der Waals surface area (Å²) in [6, 6.07) is 23.4. The van der Waals surface area contributed by atoms with Crippen LogP contribution in [0.3, 0.4) is 0 Å². The molecule has 0 bridgehead atoms. The quantitative estimate of drug-likeness (QED) is 0.268. The van der Waals surface area contributed by atoms with Gasteiger partial charge in [-0.25, -0.2) is 9.07 Å². The van der Waals surface area contributed by atoms with Crippen molar-refractivity contribution in [3.63, 3.8) is 0 Å². The minimum atomic E-state index is -0.415. The van der Waals surface area contributed by atoms with Crippen molar-refractivity contribution in [3.8, 4) is 22.7 Å². The molecule has 0 fully saturated rings. The number of hydrogen-bond acceptors (Lipinski definition) is 6. The number of aromatic nitrogens is 2. The molecule has 1 atom stereocenters. The predicted molar refractivity (Wildman–Crippen MR) is 158 cm³/mol. The molecule has 4 aromatic rings. The minimum absolute atomic E-state index is 0.101. The Hall–Kier alpha value is -4.15. The number of amides is 2. The maximum atomic E-state index is 14.5. The van der Waals surface area contributed by atoms with Gasteiger partial charge in [-0.1, -0.05) is 42.5 Å². The van der Waals surface area contributed by atoms with E-state index in [1.807, 2.05) is 60.7 Å². The highest BCUT2D eigenvalue weighted by molar-refractivity contribution is 8.00. The highest BCUT2D eigenvalue weighted by Gasteiger charge is 2.37. The van der Waals surface area contributed by atoms with Gasteiger partial charge in [-0.15, -0.1) is 11.8 Å². The van der Waals surface area contributed by atoms with Crippen molar-refractivity contribution in [3.05, 3.63) is 95.8 Å². The second-order valence-electron chi connectivity index (χ2n) is 9.48. The number of rotatable bonds is 10. The number of thioether (sulfide) groups is 1. The monoisotopic (exact) mass is 574 g/mol. The van der Waals surface area contributed by atoms with E-state index in [1.165, 1.54) is 28.8 Å². The van der Waals surface area contributed by atoms with Crippen molar-refractivity contribution in [2.45, 2.75) is 11.7 Å². The third kappa shape index (κ3) is 6.28. The summed E-state index contributed by atoms with van der Waals surface area (Å²) in [5.74, 6) is 0.354. The lowest BCUT2D eigenvalue weighted by atomic mass is 9.99. The van der Waals surface area contributed by atoms with Crippen LogP contribution in [0, 0.1) is 5.82 Å². The Balaban J connectivity index is 1.71. The lowest BCUT2D eigenvalue weighted by molar-refractivity contribution is -0.122. The van der Waals surface area contributed by atoms with E-state index in [9.17, 15) is 14.0 Å². The van der Waals surface area contributed by atoms with E-state index in [-0.39, 0.29) is 29.9 Å². The first-order valence-electron chi connectivity index (χ1n) is 13.3. The smallest absolute Gasteiger partial charge is 0.240 e. The highest BCUT2D eigenvalue weighted by Crippen LogP contribution is 2.48. The molecule has 8 nitrogen and oxygen atoms in total. The summed E-state index contributed by atoms with van der Waals surface area (Å²) in [7, 11) is 3.20. The zero-order valence-corrected chi connectivity index (χ0v) is 23.7. The number of ether oxygens (including phenoxy) is 2. The fourth-order valence-electron chi connectivity index (χ4n) is 4.81. The standard InChI is InChI=1S/C31H31FN4O4S/c1-39-17-7-16-33-26(37)19-35-27(38)20-41-30(22-10-6-11-23(32)18-22)28-29(21-8-4-3-5-9-21)34-36(31(28)35)24-12-14-25(40-2)15-13-24/h3-6,8-15,18,30H,7,16-17,19-20H2,1-2H3,(H,33,37)/t30-/m1/s1. The Morgan fingerprint density at radius 1 is 1.07 bits per heavy atom. The first kappa shape index (κ1) is 28.4. The number of benzene rings is 3. The van der Waals surface area contributed by atoms with Crippen LogP contribution in [0.5, 0.6) is 5.75 Å². The van der Waals surface area contributed by atoms with Crippen LogP contribution in [0.1, 0.15) is 22.8 Å².